The zero-order chi connectivity index (χ0) is 20.6. The van der Waals surface area contributed by atoms with Crippen molar-refractivity contribution in [2.24, 2.45) is 0 Å². The normalized spacial score (nSPS) is 19.4. The van der Waals surface area contributed by atoms with Crippen molar-refractivity contribution >= 4 is 17.6 Å². The Morgan fingerprint density at radius 2 is 1.86 bits per heavy atom. The highest BCUT2D eigenvalue weighted by atomic mass is 19.3. The van der Waals surface area contributed by atoms with Crippen LogP contribution >= 0.6 is 0 Å². The van der Waals surface area contributed by atoms with Crippen LogP contribution in [0.15, 0.2) is 24.3 Å². The zero-order valence-electron chi connectivity index (χ0n) is 16.3. The average Bonchev–Trinajstić information content (AvgIpc) is 3.34. The summed E-state index contributed by atoms with van der Waals surface area (Å²) in [5.74, 6) is 0.0840. The Kier molecular flexibility index (Phi) is 7.48. The molecule has 3 rings (SSSR count). The molecule has 1 aliphatic heterocycles. The first kappa shape index (κ1) is 21.1. The lowest BCUT2D eigenvalue weighted by molar-refractivity contribution is -0.121. The van der Waals surface area contributed by atoms with Crippen LogP contribution in [0.25, 0.3) is 0 Å². The molecule has 160 valence electrons. The van der Waals surface area contributed by atoms with Gasteiger partial charge < -0.3 is 25.6 Å². The fraction of sp³-hybridized carbons (Fsp3) is 0.600. The van der Waals surface area contributed by atoms with E-state index in [9.17, 15) is 18.4 Å². The SMILES string of the molecule is O=C(CCNC(=O)NC1CCN(c2ccccc2OC(F)F)C1)NC1CCCC1. The number of nitrogens with one attached hydrogen (secondary N) is 3. The van der Waals surface area contributed by atoms with Crippen LogP contribution in [0.4, 0.5) is 19.3 Å². The topological polar surface area (TPSA) is 82.7 Å². The summed E-state index contributed by atoms with van der Waals surface area (Å²) in [5.41, 5.74) is 0.584. The predicted molar refractivity (Wildman–Crippen MR) is 105 cm³/mol. The lowest BCUT2D eigenvalue weighted by atomic mass is 10.2. The van der Waals surface area contributed by atoms with E-state index in [2.05, 4.69) is 20.7 Å². The third kappa shape index (κ3) is 6.47. The smallest absolute Gasteiger partial charge is 0.387 e. The summed E-state index contributed by atoms with van der Waals surface area (Å²) in [7, 11) is 0. The second-order valence-electron chi connectivity index (χ2n) is 7.48. The van der Waals surface area contributed by atoms with Gasteiger partial charge in [0.05, 0.1) is 5.69 Å². The Balaban J connectivity index is 1.38. The number of halogens is 2. The van der Waals surface area contributed by atoms with E-state index in [4.69, 9.17) is 0 Å². The molecule has 2 aliphatic rings. The van der Waals surface area contributed by atoms with Gasteiger partial charge in [-0.05, 0) is 31.4 Å². The maximum Gasteiger partial charge on any atom is 0.387 e. The van der Waals surface area contributed by atoms with Gasteiger partial charge >= 0.3 is 12.6 Å². The Morgan fingerprint density at radius 1 is 1.10 bits per heavy atom. The predicted octanol–water partition coefficient (Wildman–Crippen LogP) is 2.61. The van der Waals surface area contributed by atoms with Gasteiger partial charge in [-0.3, -0.25) is 4.79 Å². The number of hydrogen-bond acceptors (Lipinski definition) is 4. The number of urea groups is 1. The number of alkyl halides is 2. The number of ether oxygens (including phenoxy) is 1. The summed E-state index contributed by atoms with van der Waals surface area (Å²) in [6.07, 6.45) is 5.32. The summed E-state index contributed by atoms with van der Waals surface area (Å²) < 4.78 is 29.8. The van der Waals surface area contributed by atoms with Crippen LogP contribution in [0.1, 0.15) is 38.5 Å². The van der Waals surface area contributed by atoms with Crippen molar-refractivity contribution in [3.8, 4) is 5.75 Å². The second kappa shape index (κ2) is 10.3. The number of para-hydroxylation sites is 2. The molecule has 0 aromatic heterocycles. The van der Waals surface area contributed by atoms with Crippen molar-refractivity contribution in [1.82, 2.24) is 16.0 Å². The standard InChI is InChI=1S/C20H28F2N4O3/c21-19(22)29-17-8-4-3-7-16(17)26-12-10-15(13-26)25-20(28)23-11-9-18(27)24-14-5-1-2-6-14/h3-4,7-8,14-15,19H,1-2,5-6,9-13H2,(H,24,27)(H2,23,25,28). The van der Waals surface area contributed by atoms with Crippen LogP contribution in [0.2, 0.25) is 0 Å². The van der Waals surface area contributed by atoms with E-state index < -0.39 is 6.61 Å². The molecule has 9 heteroatoms. The van der Waals surface area contributed by atoms with E-state index in [1.54, 1.807) is 18.2 Å². The third-order valence-electron chi connectivity index (χ3n) is 5.30. The minimum atomic E-state index is -2.88. The second-order valence-corrected chi connectivity index (χ2v) is 7.48. The van der Waals surface area contributed by atoms with Gasteiger partial charge in [0.25, 0.3) is 0 Å². The number of nitrogens with zero attached hydrogens (tertiary/aromatic N) is 1. The summed E-state index contributed by atoms with van der Waals surface area (Å²) in [6.45, 7) is -1.49. The lowest BCUT2D eigenvalue weighted by Gasteiger charge is -2.22. The largest absolute Gasteiger partial charge is 0.433 e. The van der Waals surface area contributed by atoms with Gasteiger partial charge in [-0.15, -0.1) is 0 Å². The molecule has 1 atom stereocenters. The highest BCUT2D eigenvalue weighted by molar-refractivity contribution is 5.78. The van der Waals surface area contributed by atoms with Crippen molar-refractivity contribution in [1.29, 1.82) is 0 Å². The minimum Gasteiger partial charge on any atom is -0.433 e. The molecule has 0 bridgehead atoms. The van der Waals surface area contributed by atoms with Crippen LogP contribution in [0.3, 0.4) is 0 Å². The molecule has 1 aromatic rings. The molecule has 1 aromatic carbocycles. The maximum absolute atomic E-state index is 12.6. The molecule has 29 heavy (non-hydrogen) atoms. The Bertz CT molecular complexity index is 698. The molecule has 1 unspecified atom stereocenters. The Labute approximate surface area is 169 Å². The Hall–Kier alpha value is -2.58. The van der Waals surface area contributed by atoms with Crippen LogP contribution < -0.4 is 25.6 Å². The quantitative estimate of drug-likeness (QED) is 0.615. The minimum absolute atomic E-state index is 0.0418. The molecule has 7 nitrogen and oxygen atoms in total. The Morgan fingerprint density at radius 3 is 2.62 bits per heavy atom. The fourth-order valence-electron chi connectivity index (χ4n) is 3.91. The van der Waals surface area contributed by atoms with E-state index in [1.807, 2.05) is 4.90 Å². The maximum atomic E-state index is 12.6. The summed E-state index contributed by atoms with van der Waals surface area (Å²) >= 11 is 0. The molecule has 2 fully saturated rings. The third-order valence-corrected chi connectivity index (χ3v) is 5.30. The molecular formula is C20H28F2N4O3. The molecule has 0 radical (unpaired) electrons. The molecule has 1 heterocycles. The van der Waals surface area contributed by atoms with Gasteiger partial charge in [0, 0.05) is 38.1 Å². The highest BCUT2D eigenvalue weighted by Gasteiger charge is 2.26. The average molecular weight is 410 g/mol. The van der Waals surface area contributed by atoms with Crippen molar-refractivity contribution < 1.29 is 23.1 Å². The van der Waals surface area contributed by atoms with Crippen LogP contribution in [-0.4, -0.2) is 50.3 Å². The molecule has 3 amide bonds. The van der Waals surface area contributed by atoms with E-state index in [1.165, 1.54) is 6.07 Å². The van der Waals surface area contributed by atoms with Crippen molar-refractivity contribution in [2.45, 2.75) is 57.2 Å². The number of rotatable bonds is 8. The first-order valence-corrected chi connectivity index (χ1v) is 10.1. The summed E-state index contributed by atoms with van der Waals surface area (Å²) in [6, 6.07) is 6.47. The molecule has 1 saturated carbocycles. The number of amides is 3. The molecule has 3 N–H and O–H groups in total. The van der Waals surface area contributed by atoms with E-state index >= 15 is 0 Å². The van der Waals surface area contributed by atoms with Crippen molar-refractivity contribution in [3.05, 3.63) is 24.3 Å². The summed E-state index contributed by atoms with van der Waals surface area (Å²) in [5, 5.41) is 8.56. The zero-order valence-corrected chi connectivity index (χ0v) is 16.3. The lowest BCUT2D eigenvalue weighted by Crippen LogP contribution is -2.44. The highest BCUT2D eigenvalue weighted by Crippen LogP contribution is 2.31. The molecule has 1 saturated heterocycles. The first-order valence-electron chi connectivity index (χ1n) is 10.1. The van der Waals surface area contributed by atoms with E-state index in [0.717, 1.165) is 25.7 Å². The number of hydrogen-bond donors (Lipinski definition) is 3. The first-order chi connectivity index (χ1) is 14.0. The van der Waals surface area contributed by atoms with Gasteiger partial charge in [0.15, 0.2) is 0 Å². The van der Waals surface area contributed by atoms with Crippen LogP contribution in [0.5, 0.6) is 5.75 Å². The van der Waals surface area contributed by atoms with Gasteiger partial charge in [-0.1, -0.05) is 25.0 Å². The number of carbonyl (C=O) groups is 2. The van der Waals surface area contributed by atoms with Gasteiger partial charge in [-0.2, -0.15) is 8.78 Å². The van der Waals surface area contributed by atoms with Crippen molar-refractivity contribution in [3.63, 3.8) is 0 Å². The molecule has 1 aliphatic carbocycles. The van der Waals surface area contributed by atoms with Crippen LogP contribution in [0, 0.1) is 0 Å². The van der Waals surface area contributed by atoms with Gasteiger partial charge in [0.2, 0.25) is 5.91 Å². The number of carbonyl (C=O) groups excluding carboxylic acids is 2. The molecule has 0 spiro atoms. The summed E-state index contributed by atoms with van der Waals surface area (Å²) in [4.78, 5) is 25.9. The monoisotopic (exact) mass is 410 g/mol. The van der Waals surface area contributed by atoms with E-state index in [-0.39, 0.29) is 42.7 Å². The van der Waals surface area contributed by atoms with Crippen molar-refractivity contribution in [2.75, 3.05) is 24.5 Å². The van der Waals surface area contributed by atoms with Gasteiger partial charge in [-0.25, -0.2) is 4.79 Å². The van der Waals surface area contributed by atoms with Crippen LogP contribution in [-0.2, 0) is 4.79 Å². The number of benzene rings is 1. The van der Waals surface area contributed by atoms with Gasteiger partial charge in [0.1, 0.15) is 5.75 Å². The fourth-order valence-corrected chi connectivity index (χ4v) is 3.91. The number of anilines is 1. The molecular weight excluding hydrogens is 382 g/mol. The van der Waals surface area contributed by atoms with E-state index in [0.29, 0.717) is 25.2 Å².